The molecule has 0 amide bonds. The van der Waals surface area contributed by atoms with Gasteiger partial charge in [0.1, 0.15) is 12.3 Å². The Morgan fingerprint density at radius 2 is 2.03 bits per heavy atom. The number of methoxy groups -OCH3 is 1. The van der Waals surface area contributed by atoms with Crippen molar-refractivity contribution in [3.05, 3.63) is 64.3 Å². The maximum atomic E-state index is 13.0. The van der Waals surface area contributed by atoms with Crippen LogP contribution in [0.4, 0.5) is 18.9 Å². The summed E-state index contributed by atoms with van der Waals surface area (Å²) >= 11 is 6.10. The molecule has 0 radical (unpaired) electrons. The number of fused-ring (bicyclic) bond motifs is 1. The van der Waals surface area contributed by atoms with Gasteiger partial charge < -0.3 is 15.2 Å². The molecule has 30 heavy (non-hydrogen) atoms. The number of halogens is 5. The second kappa shape index (κ2) is 9.82. The Bertz CT molecular complexity index is 1020. The summed E-state index contributed by atoms with van der Waals surface area (Å²) in [6.45, 7) is -0.244. The van der Waals surface area contributed by atoms with Gasteiger partial charge in [-0.3, -0.25) is 0 Å². The third kappa shape index (κ3) is 5.75. The lowest BCUT2D eigenvalue weighted by atomic mass is 10.1. The zero-order chi connectivity index (χ0) is 21.7. The average Bonchev–Trinajstić information content (AvgIpc) is 2.72. The number of aryl methyl sites for hydroxylation is 1. The van der Waals surface area contributed by atoms with E-state index in [1.54, 1.807) is 24.3 Å². The molecule has 0 bridgehead atoms. The Morgan fingerprint density at radius 3 is 2.73 bits per heavy atom. The van der Waals surface area contributed by atoms with Crippen molar-refractivity contribution in [2.45, 2.75) is 12.6 Å². The molecule has 0 atom stereocenters. The molecule has 0 saturated carbocycles. The molecule has 1 aliphatic rings. The summed E-state index contributed by atoms with van der Waals surface area (Å²) in [5, 5.41) is 0.305. The van der Waals surface area contributed by atoms with Crippen molar-refractivity contribution in [1.82, 2.24) is 0 Å². The highest BCUT2D eigenvalue weighted by Gasteiger charge is 2.31. The molecule has 2 aromatic rings. The zero-order valence-corrected chi connectivity index (χ0v) is 18.9. The summed E-state index contributed by atoms with van der Waals surface area (Å²) in [6.07, 6.45) is -2.94. The Morgan fingerprint density at radius 1 is 1.27 bits per heavy atom. The summed E-state index contributed by atoms with van der Waals surface area (Å²) < 4.78 is 53.5. The van der Waals surface area contributed by atoms with Crippen molar-refractivity contribution in [2.24, 2.45) is 10.7 Å². The summed E-state index contributed by atoms with van der Waals surface area (Å²) in [4.78, 5) is 4.23. The first-order valence-electron chi connectivity index (χ1n) is 8.89. The van der Waals surface area contributed by atoms with Crippen LogP contribution in [0.15, 0.2) is 53.2 Å². The SMILES string of the molecule is COc1cc2c(cc1OCC(C=C(N)C(F)(F)F)=Nc1ccccc1Cl)C=ICC2. The van der Waals surface area contributed by atoms with Gasteiger partial charge >= 0.3 is 6.18 Å². The number of hydrogen-bond donors (Lipinski definition) is 1. The van der Waals surface area contributed by atoms with Crippen LogP contribution in [0.25, 0.3) is 0 Å². The summed E-state index contributed by atoms with van der Waals surface area (Å²) in [7, 11) is 1.52. The molecule has 0 aliphatic carbocycles. The average molecular weight is 551 g/mol. The number of allylic oxidation sites excluding steroid dienone is 1. The van der Waals surface area contributed by atoms with Crippen molar-refractivity contribution in [1.29, 1.82) is 0 Å². The fraction of sp³-hybridized carbons (Fsp3) is 0.238. The van der Waals surface area contributed by atoms with E-state index in [4.69, 9.17) is 26.8 Å². The maximum absolute atomic E-state index is 13.0. The van der Waals surface area contributed by atoms with Crippen molar-refractivity contribution < 1.29 is 22.6 Å². The largest absolute Gasteiger partial charge is 0.493 e. The van der Waals surface area contributed by atoms with E-state index < -0.39 is 11.9 Å². The van der Waals surface area contributed by atoms with E-state index in [1.165, 1.54) is 17.1 Å². The van der Waals surface area contributed by atoms with Gasteiger partial charge in [-0.25, -0.2) is 4.99 Å². The van der Waals surface area contributed by atoms with Crippen LogP contribution < -0.4 is 15.2 Å². The van der Waals surface area contributed by atoms with Crippen molar-refractivity contribution in [3.63, 3.8) is 0 Å². The number of alkyl halides is 4. The van der Waals surface area contributed by atoms with Crippen LogP contribution in [0.2, 0.25) is 5.02 Å². The van der Waals surface area contributed by atoms with Gasteiger partial charge in [-0.2, -0.15) is 13.2 Å². The molecule has 0 spiro atoms. The maximum Gasteiger partial charge on any atom is 0.430 e. The van der Waals surface area contributed by atoms with E-state index in [1.807, 2.05) is 12.1 Å². The number of benzene rings is 2. The van der Waals surface area contributed by atoms with Crippen LogP contribution in [-0.4, -0.2) is 34.0 Å². The van der Waals surface area contributed by atoms with E-state index in [0.717, 1.165) is 18.1 Å². The molecule has 0 saturated heterocycles. The van der Waals surface area contributed by atoms with E-state index in [9.17, 15) is 13.2 Å². The van der Waals surface area contributed by atoms with Gasteiger partial charge in [-0.1, -0.05) is 23.7 Å². The highest BCUT2D eigenvalue weighted by atomic mass is 127. The Hall–Kier alpha value is -2.07. The van der Waals surface area contributed by atoms with E-state index in [0.29, 0.717) is 22.2 Å². The molecule has 2 aromatic carbocycles. The van der Waals surface area contributed by atoms with Crippen LogP contribution in [0, 0.1) is 0 Å². The first-order valence-corrected chi connectivity index (χ1v) is 12.0. The molecule has 0 aromatic heterocycles. The minimum atomic E-state index is -4.68. The lowest BCUT2D eigenvalue weighted by molar-refractivity contribution is -0.0925. The van der Waals surface area contributed by atoms with E-state index in [-0.39, 0.29) is 33.0 Å². The highest BCUT2D eigenvalue weighted by Crippen LogP contribution is 2.33. The number of para-hydroxylation sites is 1. The van der Waals surface area contributed by atoms with Gasteiger partial charge in [0.05, 0.1) is 23.5 Å². The fourth-order valence-electron chi connectivity index (χ4n) is 2.72. The van der Waals surface area contributed by atoms with Gasteiger partial charge in [-0.05, 0) is 56.3 Å². The summed E-state index contributed by atoms with van der Waals surface area (Å²) in [6, 6.07) is 10.4. The minimum Gasteiger partial charge on any atom is -0.493 e. The molecule has 9 heteroatoms. The fourth-order valence-corrected chi connectivity index (χ4v) is 5.15. The zero-order valence-electron chi connectivity index (χ0n) is 16.0. The molecular weight excluding hydrogens is 532 g/mol. The van der Waals surface area contributed by atoms with Crippen molar-refractivity contribution >= 4 is 47.7 Å². The van der Waals surface area contributed by atoms with Gasteiger partial charge in [0.2, 0.25) is 0 Å². The number of rotatable bonds is 6. The second-order valence-electron chi connectivity index (χ2n) is 6.34. The third-order valence-electron chi connectivity index (χ3n) is 4.23. The van der Waals surface area contributed by atoms with Crippen LogP contribution in [0.1, 0.15) is 11.1 Å². The van der Waals surface area contributed by atoms with Gasteiger partial charge in [0, 0.05) is 0 Å². The number of nitrogens with zero attached hydrogens (tertiary/aromatic N) is 1. The monoisotopic (exact) mass is 550 g/mol. The molecule has 1 aliphatic heterocycles. The number of ether oxygens (including phenoxy) is 2. The minimum absolute atomic E-state index is 0.00187. The standard InChI is InChI=1S/C21H19ClF3IN2O2/c1-29-18-8-13-6-7-26-11-14(13)9-19(18)30-12-15(10-20(27)21(23,24)25)28-17-5-3-2-4-16(17)22/h2-5,8-11H,6-7,12,27H2,1H3. The molecule has 1 heterocycles. The smallest absolute Gasteiger partial charge is 0.430 e. The van der Waals surface area contributed by atoms with Crippen LogP contribution in [-0.2, 0) is 6.42 Å². The van der Waals surface area contributed by atoms with Crippen LogP contribution in [0.3, 0.4) is 0 Å². The first kappa shape index (κ1) is 22.6. The summed E-state index contributed by atoms with van der Waals surface area (Å²) in [5.74, 6) is 0.955. The normalized spacial score (nSPS) is 14.7. The van der Waals surface area contributed by atoms with Crippen LogP contribution in [0.5, 0.6) is 11.5 Å². The molecule has 160 valence electrons. The van der Waals surface area contributed by atoms with E-state index >= 15 is 0 Å². The Kier molecular flexibility index (Phi) is 7.41. The van der Waals surface area contributed by atoms with E-state index in [2.05, 4.69) is 9.00 Å². The van der Waals surface area contributed by atoms with Gasteiger partial charge in [0.15, 0.2) is 11.5 Å². The molecule has 4 nitrogen and oxygen atoms in total. The topological polar surface area (TPSA) is 56.8 Å². The van der Waals surface area contributed by atoms with Crippen molar-refractivity contribution in [2.75, 3.05) is 18.1 Å². The first-order chi connectivity index (χ1) is 14.3. The van der Waals surface area contributed by atoms with Crippen LogP contribution >= 0.6 is 32.3 Å². The third-order valence-corrected chi connectivity index (χ3v) is 6.83. The molecule has 0 unspecified atom stereocenters. The predicted octanol–water partition coefficient (Wildman–Crippen LogP) is 5.58. The predicted molar refractivity (Wildman–Crippen MR) is 123 cm³/mol. The van der Waals surface area contributed by atoms with Crippen molar-refractivity contribution in [3.8, 4) is 11.5 Å². The number of hydrogen-bond acceptors (Lipinski definition) is 4. The second-order valence-corrected chi connectivity index (χ2v) is 9.33. The number of aliphatic imine (C=N–C) groups is 1. The quantitative estimate of drug-likeness (QED) is 0.290. The molecule has 3 rings (SSSR count). The Balaban J connectivity index is 1.93. The van der Waals surface area contributed by atoms with Gasteiger partial charge in [-0.15, -0.1) is 20.7 Å². The lowest BCUT2D eigenvalue weighted by Crippen LogP contribution is -2.22. The Labute approximate surface area is 187 Å². The highest BCUT2D eigenvalue weighted by molar-refractivity contribution is 14.2. The molecular formula is C21H19ClF3IN2O2. The lowest BCUT2D eigenvalue weighted by Gasteiger charge is -2.16. The number of nitrogens with two attached hydrogens (primary N) is 1. The summed E-state index contributed by atoms with van der Waals surface area (Å²) in [5.41, 5.74) is 6.49. The molecule has 0 fully saturated rings. The van der Waals surface area contributed by atoms with Gasteiger partial charge in [0.25, 0.3) is 0 Å². The molecule has 2 N–H and O–H groups in total.